The van der Waals surface area contributed by atoms with Crippen molar-refractivity contribution >= 4 is 0 Å². The molecule has 0 aliphatic carbocycles. The van der Waals surface area contributed by atoms with Crippen molar-refractivity contribution in [1.29, 1.82) is 0 Å². The Kier molecular flexibility index (Phi) is 11.8. The Morgan fingerprint density at radius 3 is 1.71 bits per heavy atom. The van der Waals surface area contributed by atoms with Crippen LogP contribution in [0.25, 0.3) is 0 Å². The van der Waals surface area contributed by atoms with Crippen LogP contribution in [0.2, 0.25) is 0 Å². The first-order valence-electron chi connectivity index (χ1n) is 14.8. The maximum absolute atomic E-state index is 6.36. The average molecular weight is 498 g/mol. The van der Waals surface area contributed by atoms with Gasteiger partial charge in [-0.1, -0.05) is 90.4 Å². The van der Waals surface area contributed by atoms with E-state index in [9.17, 15) is 0 Å². The van der Waals surface area contributed by atoms with Gasteiger partial charge in [0.2, 0.25) is 0 Å². The van der Waals surface area contributed by atoms with Crippen LogP contribution in [0.4, 0.5) is 0 Å². The van der Waals surface area contributed by atoms with Crippen LogP contribution in [0, 0.1) is 0 Å². The van der Waals surface area contributed by atoms with Gasteiger partial charge in [0.15, 0.2) is 17.9 Å². The molecular formula is C29H55NO5. The molecule has 0 amide bonds. The minimum Gasteiger partial charge on any atom is -0.348 e. The molecule has 0 radical (unpaired) electrons. The van der Waals surface area contributed by atoms with Crippen LogP contribution in [-0.4, -0.2) is 67.3 Å². The van der Waals surface area contributed by atoms with Crippen LogP contribution >= 0.6 is 0 Å². The van der Waals surface area contributed by atoms with Crippen LogP contribution in [-0.2, 0) is 23.7 Å². The molecule has 3 heterocycles. The molecule has 3 fully saturated rings. The Balaban J connectivity index is 1.30. The van der Waals surface area contributed by atoms with Crippen molar-refractivity contribution in [2.45, 2.75) is 167 Å². The van der Waals surface area contributed by atoms with E-state index in [1.54, 1.807) is 0 Å². The Morgan fingerprint density at radius 1 is 0.657 bits per heavy atom. The summed E-state index contributed by atoms with van der Waals surface area (Å²) in [5.41, 5.74) is 0. The second-order valence-corrected chi connectivity index (χ2v) is 12.0. The maximum atomic E-state index is 6.36. The third-order valence-electron chi connectivity index (χ3n) is 7.82. The molecule has 3 aliphatic heterocycles. The molecule has 0 N–H and O–H groups in total. The number of nitrogens with zero attached hydrogens (tertiary/aromatic N) is 1. The number of hydrogen-bond donors (Lipinski definition) is 0. The first-order chi connectivity index (χ1) is 16.7. The number of hydrogen-bond acceptors (Lipinski definition) is 6. The van der Waals surface area contributed by atoms with E-state index < -0.39 is 11.6 Å². The number of unbranched alkanes of at least 4 members (excludes halogenated alkanes) is 13. The lowest BCUT2D eigenvalue weighted by Gasteiger charge is -2.34. The van der Waals surface area contributed by atoms with E-state index >= 15 is 0 Å². The largest absolute Gasteiger partial charge is 0.348 e. The van der Waals surface area contributed by atoms with Gasteiger partial charge in [-0.25, -0.2) is 0 Å². The van der Waals surface area contributed by atoms with E-state index in [4.69, 9.17) is 23.7 Å². The lowest BCUT2D eigenvalue weighted by atomic mass is 10.0. The standard InChI is InChI=1S/C29H55NO5/c1-7-8-9-10-11-12-13-14-15-16-17-18-19-20-21-30(6)24-25(23-22-31-28(2,3)33-23)32-27-26(24)34-29(4,5)35-27/h23-27H,7-22H2,1-6H3/t23-,24?,25-,26-,27-/m1/s1. The highest BCUT2D eigenvalue weighted by Gasteiger charge is 2.59. The molecule has 35 heavy (non-hydrogen) atoms. The molecular weight excluding hydrogens is 442 g/mol. The molecule has 206 valence electrons. The Hall–Kier alpha value is -0.240. The van der Waals surface area contributed by atoms with Crippen molar-refractivity contribution in [1.82, 2.24) is 4.90 Å². The van der Waals surface area contributed by atoms with E-state index in [1.165, 1.54) is 89.9 Å². The molecule has 1 unspecified atom stereocenters. The summed E-state index contributed by atoms with van der Waals surface area (Å²) in [7, 11) is 2.20. The molecule has 0 saturated carbocycles. The molecule has 3 saturated heterocycles. The Labute approximate surface area is 215 Å². The quantitative estimate of drug-likeness (QED) is 0.206. The van der Waals surface area contributed by atoms with E-state index in [1.807, 2.05) is 27.7 Å². The fourth-order valence-corrected chi connectivity index (χ4v) is 5.91. The van der Waals surface area contributed by atoms with Crippen LogP contribution in [0.15, 0.2) is 0 Å². The number of likely N-dealkylation sites (N-methyl/N-ethyl adjacent to an activating group) is 1. The second kappa shape index (κ2) is 14.1. The maximum Gasteiger partial charge on any atom is 0.189 e. The summed E-state index contributed by atoms with van der Waals surface area (Å²) < 4.78 is 30.7. The van der Waals surface area contributed by atoms with Gasteiger partial charge < -0.3 is 23.7 Å². The number of fused-ring (bicyclic) bond motifs is 1. The topological polar surface area (TPSA) is 49.4 Å². The third kappa shape index (κ3) is 9.22. The summed E-state index contributed by atoms with van der Waals surface area (Å²) in [5.74, 6) is -1.18. The van der Waals surface area contributed by atoms with Crippen LogP contribution < -0.4 is 0 Å². The molecule has 5 atom stereocenters. The van der Waals surface area contributed by atoms with Crippen LogP contribution in [0.3, 0.4) is 0 Å². The van der Waals surface area contributed by atoms with E-state index in [0.717, 1.165) is 6.54 Å². The van der Waals surface area contributed by atoms with Gasteiger partial charge in [0.05, 0.1) is 12.6 Å². The van der Waals surface area contributed by atoms with Crippen molar-refractivity contribution in [3.8, 4) is 0 Å². The second-order valence-electron chi connectivity index (χ2n) is 12.0. The fourth-order valence-electron chi connectivity index (χ4n) is 5.91. The summed E-state index contributed by atoms with van der Waals surface area (Å²) in [6.45, 7) is 11.7. The Bertz CT molecular complexity index is 598. The average Bonchev–Trinajstić information content (AvgIpc) is 3.41. The molecule has 6 heteroatoms. The number of ether oxygens (including phenoxy) is 5. The van der Waals surface area contributed by atoms with E-state index in [-0.39, 0.29) is 30.6 Å². The van der Waals surface area contributed by atoms with Gasteiger partial charge in [-0.2, -0.15) is 0 Å². The molecule has 3 aliphatic rings. The van der Waals surface area contributed by atoms with Crippen molar-refractivity contribution in [2.75, 3.05) is 20.2 Å². The highest BCUT2D eigenvalue weighted by molar-refractivity contribution is 5.02. The number of rotatable bonds is 17. The zero-order valence-corrected chi connectivity index (χ0v) is 23.7. The molecule has 0 aromatic heterocycles. The lowest BCUT2D eigenvalue weighted by molar-refractivity contribution is -0.227. The van der Waals surface area contributed by atoms with Crippen molar-refractivity contribution in [2.24, 2.45) is 0 Å². The Morgan fingerprint density at radius 2 is 1.20 bits per heavy atom. The van der Waals surface area contributed by atoms with Crippen molar-refractivity contribution < 1.29 is 23.7 Å². The van der Waals surface area contributed by atoms with E-state index in [2.05, 4.69) is 18.9 Å². The molecule has 0 aromatic carbocycles. The molecule has 0 aromatic rings. The molecule has 3 rings (SSSR count). The summed E-state index contributed by atoms with van der Waals surface area (Å²) in [6, 6.07) is 0.103. The van der Waals surface area contributed by atoms with Gasteiger partial charge in [0.25, 0.3) is 0 Å². The first-order valence-corrected chi connectivity index (χ1v) is 14.8. The van der Waals surface area contributed by atoms with Gasteiger partial charge >= 0.3 is 0 Å². The summed E-state index contributed by atoms with van der Waals surface area (Å²) in [5, 5.41) is 0. The van der Waals surface area contributed by atoms with Gasteiger partial charge in [0.1, 0.15) is 18.3 Å². The smallest absolute Gasteiger partial charge is 0.189 e. The first kappa shape index (κ1) is 29.3. The van der Waals surface area contributed by atoms with Crippen molar-refractivity contribution in [3.63, 3.8) is 0 Å². The monoisotopic (exact) mass is 497 g/mol. The summed E-state index contributed by atoms with van der Waals surface area (Å²) in [4.78, 5) is 2.41. The lowest BCUT2D eigenvalue weighted by Crippen LogP contribution is -2.51. The summed E-state index contributed by atoms with van der Waals surface area (Å²) in [6.07, 6.45) is 18.7. The highest BCUT2D eigenvalue weighted by Crippen LogP contribution is 2.42. The predicted molar refractivity (Wildman–Crippen MR) is 140 cm³/mol. The minimum absolute atomic E-state index is 0.0982. The van der Waals surface area contributed by atoms with E-state index in [0.29, 0.717) is 6.61 Å². The minimum atomic E-state index is -0.610. The highest BCUT2D eigenvalue weighted by atomic mass is 16.8. The molecule has 6 nitrogen and oxygen atoms in total. The summed E-state index contributed by atoms with van der Waals surface area (Å²) >= 11 is 0. The normalized spacial score (nSPS) is 31.5. The molecule has 0 bridgehead atoms. The zero-order valence-electron chi connectivity index (χ0n) is 23.7. The van der Waals surface area contributed by atoms with Gasteiger partial charge in [0, 0.05) is 0 Å². The van der Waals surface area contributed by atoms with Crippen LogP contribution in [0.5, 0.6) is 0 Å². The van der Waals surface area contributed by atoms with Gasteiger partial charge in [-0.3, -0.25) is 4.90 Å². The predicted octanol–water partition coefficient (Wildman–Crippen LogP) is 6.80. The fraction of sp³-hybridized carbons (Fsp3) is 1.00. The van der Waals surface area contributed by atoms with Gasteiger partial charge in [-0.15, -0.1) is 0 Å². The van der Waals surface area contributed by atoms with Crippen LogP contribution in [0.1, 0.15) is 125 Å². The van der Waals surface area contributed by atoms with Crippen molar-refractivity contribution in [3.05, 3.63) is 0 Å². The zero-order chi connectivity index (χ0) is 25.3. The van der Waals surface area contributed by atoms with Gasteiger partial charge in [-0.05, 0) is 47.7 Å². The molecule has 0 spiro atoms. The third-order valence-corrected chi connectivity index (χ3v) is 7.82. The SMILES string of the molecule is CCCCCCCCCCCCCCCCN(C)C1[C@H]2OC(C)(C)O[C@H]2O[C@@H]1[C@H]1COC(C)(C)O1.